The Morgan fingerprint density at radius 3 is 2.35 bits per heavy atom. The molecule has 0 atom stereocenters. The van der Waals surface area contributed by atoms with Crippen molar-refractivity contribution in [1.29, 1.82) is 0 Å². The van der Waals surface area contributed by atoms with E-state index < -0.39 is 0 Å². The van der Waals surface area contributed by atoms with Crippen LogP contribution in [-0.2, 0) is 0 Å². The number of rotatable bonds is 2. The lowest BCUT2D eigenvalue weighted by Gasteiger charge is -2.03. The highest BCUT2D eigenvalue weighted by molar-refractivity contribution is 7.99. The van der Waals surface area contributed by atoms with Crippen molar-refractivity contribution in [3.63, 3.8) is 0 Å². The predicted molar refractivity (Wildman–Crippen MR) is 67.0 cm³/mol. The van der Waals surface area contributed by atoms with Gasteiger partial charge in [0.2, 0.25) is 5.28 Å². The first-order chi connectivity index (χ1) is 8.04. The minimum absolute atomic E-state index is 0.0915. The number of aromatic nitrogens is 4. The van der Waals surface area contributed by atoms with Crippen LogP contribution >= 0.6 is 35.0 Å². The molecule has 4 N–H and O–H groups in total. The van der Waals surface area contributed by atoms with Crippen LogP contribution in [0.3, 0.4) is 0 Å². The zero-order valence-electron chi connectivity index (χ0n) is 8.26. The number of hydrogen-bond acceptors (Lipinski definition) is 7. The molecule has 0 spiro atoms. The first-order valence-electron chi connectivity index (χ1n) is 4.30. The Morgan fingerprint density at radius 1 is 1.06 bits per heavy atom. The Labute approximate surface area is 111 Å². The topological polar surface area (TPSA) is 104 Å². The maximum atomic E-state index is 5.90. The third kappa shape index (κ3) is 3.09. The van der Waals surface area contributed by atoms with Crippen LogP contribution in [0.2, 0.25) is 10.3 Å². The van der Waals surface area contributed by atoms with E-state index in [2.05, 4.69) is 19.9 Å². The van der Waals surface area contributed by atoms with E-state index in [1.165, 1.54) is 12.3 Å². The Morgan fingerprint density at radius 2 is 1.71 bits per heavy atom. The third-order valence-electron chi connectivity index (χ3n) is 1.62. The van der Waals surface area contributed by atoms with Gasteiger partial charge in [-0.25, -0.2) is 19.9 Å². The fourth-order valence-corrected chi connectivity index (χ4v) is 2.14. The Kier molecular flexibility index (Phi) is 3.51. The van der Waals surface area contributed by atoms with Gasteiger partial charge in [0.05, 0.1) is 11.2 Å². The summed E-state index contributed by atoms with van der Waals surface area (Å²) in [6.45, 7) is 0. The minimum Gasteiger partial charge on any atom is -0.383 e. The molecule has 0 amide bonds. The molecular formula is C8H6Cl2N6S. The van der Waals surface area contributed by atoms with E-state index in [1.54, 1.807) is 0 Å². The van der Waals surface area contributed by atoms with Gasteiger partial charge in [-0.15, -0.1) is 0 Å². The zero-order valence-corrected chi connectivity index (χ0v) is 10.6. The van der Waals surface area contributed by atoms with Gasteiger partial charge in [0.1, 0.15) is 16.7 Å². The molecule has 0 aliphatic rings. The van der Waals surface area contributed by atoms with Gasteiger partial charge in [-0.05, 0) is 23.4 Å². The predicted octanol–water partition coefficient (Wildman–Crippen LogP) is 1.89. The summed E-state index contributed by atoms with van der Waals surface area (Å²) in [7, 11) is 0. The normalized spacial score (nSPS) is 10.5. The SMILES string of the molecule is Nc1cc(N)nc(Sc2nc(Cl)ncc2Cl)n1. The molecule has 0 fully saturated rings. The molecule has 2 rings (SSSR count). The van der Waals surface area contributed by atoms with E-state index >= 15 is 0 Å². The van der Waals surface area contributed by atoms with Crippen LogP contribution in [0.1, 0.15) is 0 Å². The first kappa shape index (κ1) is 12.2. The fraction of sp³-hybridized carbons (Fsp3) is 0. The van der Waals surface area contributed by atoms with Gasteiger partial charge in [0.25, 0.3) is 0 Å². The van der Waals surface area contributed by atoms with E-state index in [-0.39, 0.29) is 16.9 Å². The van der Waals surface area contributed by atoms with E-state index in [1.807, 2.05) is 0 Å². The summed E-state index contributed by atoms with van der Waals surface area (Å²) in [4.78, 5) is 15.7. The summed E-state index contributed by atoms with van der Waals surface area (Å²) in [6, 6.07) is 1.46. The van der Waals surface area contributed by atoms with Gasteiger partial charge in [-0.1, -0.05) is 11.6 Å². The molecule has 0 radical (unpaired) electrons. The second kappa shape index (κ2) is 4.91. The smallest absolute Gasteiger partial charge is 0.223 e. The van der Waals surface area contributed by atoms with E-state index in [4.69, 9.17) is 34.7 Å². The molecular weight excluding hydrogens is 283 g/mol. The number of nitrogens with zero attached hydrogens (tertiary/aromatic N) is 4. The van der Waals surface area contributed by atoms with Gasteiger partial charge >= 0.3 is 0 Å². The molecule has 2 heterocycles. The molecule has 2 aromatic heterocycles. The number of hydrogen-bond donors (Lipinski definition) is 2. The standard InChI is InChI=1S/C8H6Cl2N6S/c9-3-2-13-7(10)16-6(3)17-8-14-4(11)1-5(12)15-8/h1-2H,(H4,11,12,14,15). The number of halogens is 2. The van der Waals surface area contributed by atoms with Crippen molar-refractivity contribution in [1.82, 2.24) is 19.9 Å². The summed E-state index contributed by atoms with van der Waals surface area (Å²) in [5.74, 6) is 0.549. The molecule has 2 aromatic rings. The van der Waals surface area contributed by atoms with E-state index in [9.17, 15) is 0 Å². The van der Waals surface area contributed by atoms with Crippen molar-refractivity contribution in [2.45, 2.75) is 10.2 Å². The summed E-state index contributed by atoms with van der Waals surface area (Å²) in [6.07, 6.45) is 1.40. The van der Waals surface area contributed by atoms with Crippen LogP contribution in [0.4, 0.5) is 11.6 Å². The molecule has 0 unspecified atom stereocenters. The second-order valence-electron chi connectivity index (χ2n) is 2.89. The summed E-state index contributed by atoms with van der Waals surface area (Å²) in [5.41, 5.74) is 11.1. The number of nitrogen functional groups attached to an aromatic ring is 2. The Bertz CT molecular complexity index is 543. The monoisotopic (exact) mass is 288 g/mol. The average Bonchev–Trinajstić information content (AvgIpc) is 2.22. The molecule has 0 aliphatic heterocycles. The molecule has 88 valence electrons. The molecule has 0 saturated heterocycles. The molecule has 6 nitrogen and oxygen atoms in total. The molecule has 0 aromatic carbocycles. The fourth-order valence-electron chi connectivity index (χ4n) is 0.997. The van der Waals surface area contributed by atoms with Crippen LogP contribution < -0.4 is 11.5 Å². The highest BCUT2D eigenvalue weighted by Crippen LogP contribution is 2.30. The highest BCUT2D eigenvalue weighted by atomic mass is 35.5. The van der Waals surface area contributed by atoms with Crippen molar-refractivity contribution in [3.8, 4) is 0 Å². The van der Waals surface area contributed by atoms with E-state index in [0.717, 1.165) is 11.8 Å². The summed E-state index contributed by atoms with van der Waals surface area (Å²) in [5, 5.41) is 1.23. The maximum absolute atomic E-state index is 5.90. The van der Waals surface area contributed by atoms with Crippen molar-refractivity contribution >= 4 is 46.6 Å². The lowest BCUT2D eigenvalue weighted by molar-refractivity contribution is 0.970. The van der Waals surface area contributed by atoms with Crippen LogP contribution in [0, 0.1) is 0 Å². The largest absolute Gasteiger partial charge is 0.383 e. The molecule has 9 heteroatoms. The molecule has 0 aliphatic carbocycles. The average molecular weight is 289 g/mol. The lowest BCUT2D eigenvalue weighted by Crippen LogP contribution is -1.99. The van der Waals surface area contributed by atoms with Crippen LogP contribution in [0.5, 0.6) is 0 Å². The number of nitrogens with two attached hydrogens (primary N) is 2. The van der Waals surface area contributed by atoms with Gasteiger partial charge in [0.15, 0.2) is 5.16 Å². The Balaban J connectivity index is 2.34. The quantitative estimate of drug-likeness (QED) is 0.642. The van der Waals surface area contributed by atoms with Gasteiger partial charge in [0, 0.05) is 6.07 Å². The van der Waals surface area contributed by atoms with Crippen molar-refractivity contribution in [2.24, 2.45) is 0 Å². The van der Waals surface area contributed by atoms with Gasteiger partial charge < -0.3 is 11.5 Å². The van der Waals surface area contributed by atoms with Crippen LogP contribution in [0.25, 0.3) is 0 Å². The van der Waals surface area contributed by atoms with Crippen LogP contribution in [0.15, 0.2) is 22.4 Å². The van der Waals surface area contributed by atoms with Gasteiger partial charge in [-0.3, -0.25) is 0 Å². The van der Waals surface area contributed by atoms with Gasteiger partial charge in [-0.2, -0.15) is 0 Å². The maximum Gasteiger partial charge on any atom is 0.223 e. The van der Waals surface area contributed by atoms with E-state index in [0.29, 0.717) is 15.2 Å². The highest BCUT2D eigenvalue weighted by Gasteiger charge is 2.09. The van der Waals surface area contributed by atoms with Crippen molar-refractivity contribution < 1.29 is 0 Å². The lowest BCUT2D eigenvalue weighted by atomic mass is 10.5. The second-order valence-corrected chi connectivity index (χ2v) is 4.60. The minimum atomic E-state index is 0.0915. The summed E-state index contributed by atoms with van der Waals surface area (Å²) >= 11 is 12.7. The number of anilines is 2. The van der Waals surface area contributed by atoms with Crippen molar-refractivity contribution in [3.05, 3.63) is 22.6 Å². The van der Waals surface area contributed by atoms with Crippen LogP contribution in [-0.4, -0.2) is 19.9 Å². The summed E-state index contributed by atoms with van der Waals surface area (Å²) < 4.78 is 0. The molecule has 0 bridgehead atoms. The van der Waals surface area contributed by atoms with Crippen molar-refractivity contribution in [2.75, 3.05) is 11.5 Å². The zero-order chi connectivity index (χ0) is 12.4. The third-order valence-corrected chi connectivity index (χ3v) is 3.06. The molecule has 0 saturated carbocycles. The molecule has 17 heavy (non-hydrogen) atoms. The Hall–Kier alpha value is -1.31. The first-order valence-corrected chi connectivity index (χ1v) is 5.88.